The molecule has 1 saturated heterocycles. The van der Waals surface area contributed by atoms with Crippen molar-refractivity contribution in [3.8, 4) is 0 Å². The molecule has 25 heavy (non-hydrogen) atoms. The van der Waals surface area contributed by atoms with Gasteiger partial charge in [0.25, 0.3) is 0 Å². The molecule has 0 amide bonds. The first kappa shape index (κ1) is 17.5. The van der Waals surface area contributed by atoms with Crippen LogP contribution in [0.2, 0.25) is 0 Å². The highest BCUT2D eigenvalue weighted by Crippen LogP contribution is 2.20. The molecule has 0 saturated carbocycles. The molecule has 0 spiro atoms. The number of unbranched alkanes of at least 4 members (excludes halogenated alkanes) is 2. The van der Waals surface area contributed by atoms with E-state index in [0.717, 1.165) is 56.0 Å². The van der Waals surface area contributed by atoms with E-state index < -0.39 is 0 Å². The first-order chi connectivity index (χ1) is 12.3. The molecule has 1 aliphatic rings. The van der Waals surface area contributed by atoms with Crippen LogP contribution in [0.3, 0.4) is 0 Å². The summed E-state index contributed by atoms with van der Waals surface area (Å²) in [6.45, 7) is 8.96. The summed E-state index contributed by atoms with van der Waals surface area (Å²) in [5.41, 5.74) is 0. The largest absolute Gasteiger partial charge is 0.370 e. The van der Waals surface area contributed by atoms with E-state index in [1.807, 2.05) is 25.3 Å². The molecule has 0 bridgehead atoms. The SMILES string of the molecule is CCCCCNc1cc(N2CCN(c3ccccn3)CC2)nc(C)n1. The third kappa shape index (κ3) is 4.81. The zero-order chi connectivity index (χ0) is 17.5. The molecule has 2 aromatic heterocycles. The minimum absolute atomic E-state index is 0.822. The van der Waals surface area contributed by atoms with Crippen molar-refractivity contribution < 1.29 is 0 Å². The Morgan fingerprint density at radius 2 is 1.76 bits per heavy atom. The third-order valence-electron chi connectivity index (χ3n) is 4.49. The van der Waals surface area contributed by atoms with Crippen molar-refractivity contribution in [2.75, 3.05) is 47.8 Å². The van der Waals surface area contributed by atoms with Crippen molar-refractivity contribution >= 4 is 17.5 Å². The molecule has 134 valence electrons. The Morgan fingerprint density at radius 3 is 2.44 bits per heavy atom. The fraction of sp³-hybridized carbons (Fsp3) is 0.526. The minimum Gasteiger partial charge on any atom is -0.370 e. The molecule has 0 radical (unpaired) electrons. The van der Waals surface area contributed by atoms with Crippen LogP contribution in [-0.2, 0) is 0 Å². The van der Waals surface area contributed by atoms with Crippen LogP contribution < -0.4 is 15.1 Å². The van der Waals surface area contributed by atoms with Crippen molar-refractivity contribution in [2.45, 2.75) is 33.1 Å². The van der Waals surface area contributed by atoms with E-state index in [1.54, 1.807) is 0 Å². The van der Waals surface area contributed by atoms with Crippen LogP contribution in [0.1, 0.15) is 32.0 Å². The number of nitrogens with one attached hydrogen (secondary N) is 1. The highest BCUT2D eigenvalue weighted by Gasteiger charge is 2.19. The van der Waals surface area contributed by atoms with Gasteiger partial charge in [0, 0.05) is 45.0 Å². The van der Waals surface area contributed by atoms with Gasteiger partial charge in [-0.25, -0.2) is 15.0 Å². The summed E-state index contributed by atoms with van der Waals surface area (Å²) in [6, 6.07) is 8.15. The van der Waals surface area contributed by atoms with Gasteiger partial charge >= 0.3 is 0 Å². The van der Waals surface area contributed by atoms with E-state index in [1.165, 1.54) is 19.3 Å². The molecule has 0 aromatic carbocycles. The lowest BCUT2D eigenvalue weighted by atomic mass is 10.2. The van der Waals surface area contributed by atoms with Gasteiger partial charge in [0.1, 0.15) is 23.3 Å². The molecule has 0 aliphatic carbocycles. The number of aromatic nitrogens is 3. The normalized spacial score (nSPS) is 14.6. The lowest BCUT2D eigenvalue weighted by Crippen LogP contribution is -2.47. The van der Waals surface area contributed by atoms with Crippen molar-refractivity contribution in [1.29, 1.82) is 0 Å². The molecular formula is C19H28N6. The minimum atomic E-state index is 0.822. The quantitative estimate of drug-likeness (QED) is 0.782. The zero-order valence-corrected chi connectivity index (χ0v) is 15.3. The van der Waals surface area contributed by atoms with E-state index in [9.17, 15) is 0 Å². The monoisotopic (exact) mass is 340 g/mol. The highest BCUT2D eigenvalue weighted by molar-refractivity contribution is 5.51. The van der Waals surface area contributed by atoms with Gasteiger partial charge in [-0.3, -0.25) is 0 Å². The van der Waals surface area contributed by atoms with Crippen molar-refractivity contribution in [3.05, 3.63) is 36.3 Å². The maximum atomic E-state index is 4.64. The molecule has 6 nitrogen and oxygen atoms in total. The zero-order valence-electron chi connectivity index (χ0n) is 15.3. The van der Waals surface area contributed by atoms with Crippen molar-refractivity contribution in [2.24, 2.45) is 0 Å². The van der Waals surface area contributed by atoms with Crippen LogP contribution >= 0.6 is 0 Å². The summed E-state index contributed by atoms with van der Waals surface area (Å²) in [4.78, 5) is 18.3. The lowest BCUT2D eigenvalue weighted by molar-refractivity contribution is 0.640. The van der Waals surface area contributed by atoms with Crippen LogP contribution in [0, 0.1) is 6.92 Å². The number of rotatable bonds is 7. The molecule has 2 aromatic rings. The predicted molar refractivity (Wildman–Crippen MR) is 103 cm³/mol. The number of piperazine rings is 1. The highest BCUT2D eigenvalue weighted by atomic mass is 15.3. The number of anilines is 3. The maximum Gasteiger partial charge on any atom is 0.134 e. The number of hydrogen-bond acceptors (Lipinski definition) is 6. The van der Waals surface area contributed by atoms with Gasteiger partial charge in [-0.2, -0.15) is 0 Å². The smallest absolute Gasteiger partial charge is 0.134 e. The summed E-state index contributed by atoms with van der Waals surface area (Å²) in [5.74, 6) is 3.83. The second kappa shape index (κ2) is 8.65. The first-order valence-corrected chi connectivity index (χ1v) is 9.27. The average molecular weight is 340 g/mol. The summed E-state index contributed by atoms with van der Waals surface area (Å²) in [6.07, 6.45) is 5.51. The van der Waals surface area contributed by atoms with E-state index in [4.69, 9.17) is 0 Å². The van der Waals surface area contributed by atoms with Gasteiger partial charge in [0.15, 0.2) is 0 Å². The molecule has 0 atom stereocenters. The number of nitrogens with zero attached hydrogens (tertiary/aromatic N) is 5. The lowest BCUT2D eigenvalue weighted by Gasteiger charge is -2.36. The van der Waals surface area contributed by atoms with Gasteiger partial charge in [-0.1, -0.05) is 25.8 Å². The van der Waals surface area contributed by atoms with Gasteiger partial charge < -0.3 is 15.1 Å². The molecule has 6 heteroatoms. The molecule has 1 N–H and O–H groups in total. The fourth-order valence-electron chi connectivity index (χ4n) is 3.10. The fourth-order valence-corrected chi connectivity index (χ4v) is 3.10. The van der Waals surface area contributed by atoms with Crippen LogP contribution in [0.4, 0.5) is 17.5 Å². The Balaban J connectivity index is 1.60. The molecule has 0 unspecified atom stereocenters. The van der Waals surface area contributed by atoms with Crippen LogP contribution in [0.5, 0.6) is 0 Å². The first-order valence-electron chi connectivity index (χ1n) is 9.27. The number of pyridine rings is 1. The Labute approximate surface area is 150 Å². The standard InChI is InChI=1S/C19H28N6/c1-3-4-6-9-20-17-15-19(23-16(2)22-17)25-13-11-24(12-14-25)18-8-5-7-10-21-18/h5,7-8,10,15H,3-4,6,9,11-14H2,1-2H3,(H,20,22,23). The number of hydrogen-bond donors (Lipinski definition) is 1. The van der Waals surface area contributed by atoms with E-state index in [2.05, 4.69) is 49.1 Å². The molecule has 3 rings (SSSR count). The summed E-state index contributed by atoms with van der Waals surface area (Å²) in [5, 5.41) is 3.44. The van der Waals surface area contributed by atoms with Crippen LogP contribution in [0.25, 0.3) is 0 Å². The summed E-state index contributed by atoms with van der Waals surface area (Å²) < 4.78 is 0. The van der Waals surface area contributed by atoms with E-state index in [0.29, 0.717) is 0 Å². The Kier molecular flexibility index (Phi) is 6.04. The van der Waals surface area contributed by atoms with Gasteiger partial charge in [-0.15, -0.1) is 0 Å². The van der Waals surface area contributed by atoms with Gasteiger partial charge in [0.05, 0.1) is 0 Å². The maximum absolute atomic E-state index is 4.64. The summed E-state index contributed by atoms with van der Waals surface area (Å²) in [7, 11) is 0. The second-order valence-electron chi connectivity index (χ2n) is 6.45. The average Bonchev–Trinajstić information content (AvgIpc) is 2.66. The molecule has 1 fully saturated rings. The Morgan fingerprint density at radius 1 is 1.00 bits per heavy atom. The number of aryl methyl sites for hydroxylation is 1. The van der Waals surface area contributed by atoms with Crippen molar-refractivity contribution in [1.82, 2.24) is 15.0 Å². The Bertz CT molecular complexity index is 652. The Hall–Kier alpha value is -2.37. The predicted octanol–water partition coefficient (Wildman–Crippen LogP) is 3.11. The second-order valence-corrected chi connectivity index (χ2v) is 6.45. The van der Waals surface area contributed by atoms with Crippen LogP contribution in [-0.4, -0.2) is 47.7 Å². The van der Waals surface area contributed by atoms with Gasteiger partial charge in [0.2, 0.25) is 0 Å². The molecular weight excluding hydrogens is 312 g/mol. The van der Waals surface area contributed by atoms with Crippen molar-refractivity contribution in [3.63, 3.8) is 0 Å². The molecule has 3 heterocycles. The van der Waals surface area contributed by atoms with Gasteiger partial charge in [-0.05, 0) is 25.5 Å². The molecule has 1 aliphatic heterocycles. The van der Waals surface area contributed by atoms with E-state index in [-0.39, 0.29) is 0 Å². The topological polar surface area (TPSA) is 57.2 Å². The van der Waals surface area contributed by atoms with E-state index >= 15 is 0 Å². The summed E-state index contributed by atoms with van der Waals surface area (Å²) >= 11 is 0. The van der Waals surface area contributed by atoms with Crippen LogP contribution in [0.15, 0.2) is 30.5 Å². The third-order valence-corrected chi connectivity index (χ3v) is 4.49.